The average Bonchev–Trinajstić information content (AvgIpc) is 2.84. The number of thioether (sulfide) groups is 1. The number of hydrogen-bond acceptors (Lipinski definition) is 3. The number of urea groups is 1. The molecular formula is C17H21FN2O2S. The maximum absolute atomic E-state index is 13.1. The van der Waals surface area contributed by atoms with Gasteiger partial charge in [-0.15, -0.1) is 0 Å². The molecule has 0 unspecified atom stereocenters. The van der Waals surface area contributed by atoms with Gasteiger partial charge in [-0.05, 0) is 37.5 Å². The molecule has 23 heavy (non-hydrogen) atoms. The van der Waals surface area contributed by atoms with Crippen LogP contribution in [0.4, 0.5) is 14.0 Å². The second kappa shape index (κ2) is 6.91. The Morgan fingerprint density at radius 1 is 1.22 bits per heavy atom. The first kappa shape index (κ1) is 16.3. The van der Waals surface area contributed by atoms with Crippen molar-refractivity contribution in [2.24, 2.45) is 0 Å². The zero-order chi connectivity index (χ0) is 16.4. The van der Waals surface area contributed by atoms with Crippen LogP contribution < -0.4 is 5.32 Å². The molecule has 1 N–H and O–H groups in total. The first-order valence-electron chi connectivity index (χ1n) is 8.12. The molecule has 0 spiro atoms. The summed E-state index contributed by atoms with van der Waals surface area (Å²) in [6.07, 6.45) is 5.43. The summed E-state index contributed by atoms with van der Waals surface area (Å²) < 4.78 is 13.1. The second-order valence-electron chi connectivity index (χ2n) is 6.25. The molecule has 1 saturated heterocycles. The lowest BCUT2D eigenvalue weighted by atomic mass is 9.96. The molecule has 2 aliphatic rings. The van der Waals surface area contributed by atoms with E-state index in [1.165, 1.54) is 23.5 Å². The van der Waals surface area contributed by atoms with Gasteiger partial charge in [-0.3, -0.25) is 9.69 Å². The van der Waals surface area contributed by atoms with E-state index in [1.807, 2.05) is 6.92 Å². The normalized spacial score (nSPS) is 25.7. The second-order valence-corrected chi connectivity index (χ2v) is 7.34. The fraction of sp³-hybridized carbons (Fsp3) is 0.529. The van der Waals surface area contributed by atoms with Gasteiger partial charge in [0.15, 0.2) is 0 Å². The molecule has 0 aromatic heterocycles. The lowest BCUT2D eigenvalue weighted by Gasteiger charge is -2.27. The topological polar surface area (TPSA) is 49.4 Å². The summed E-state index contributed by atoms with van der Waals surface area (Å²) in [7, 11) is 0. The van der Waals surface area contributed by atoms with E-state index in [9.17, 15) is 14.0 Å². The van der Waals surface area contributed by atoms with Crippen molar-refractivity contribution in [2.45, 2.75) is 56.4 Å². The Morgan fingerprint density at radius 3 is 2.52 bits per heavy atom. The van der Waals surface area contributed by atoms with Crippen molar-refractivity contribution >= 4 is 23.0 Å². The summed E-state index contributed by atoms with van der Waals surface area (Å²) in [5.74, 6) is -0.303. The fourth-order valence-corrected chi connectivity index (χ4v) is 4.52. The third-order valence-electron chi connectivity index (χ3n) is 4.62. The first-order valence-corrected chi connectivity index (χ1v) is 9.00. The standard InChI is InChI=1S/C17H21FN2O2S/c1-11-15(12-7-9-13(18)10-8-12)23-17(22)20(11)16(21)19-14-5-3-2-4-6-14/h7-11,14-15H,2-6H2,1H3,(H,19,21)/t11-,15+/m1/s1. The molecule has 1 saturated carbocycles. The minimum atomic E-state index is -0.303. The predicted molar refractivity (Wildman–Crippen MR) is 88.8 cm³/mol. The highest BCUT2D eigenvalue weighted by Gasteiger charge is 2.42. The van der Waals surface area contributed by atoms with E-state index in [1.54, 1.807) is 12.1 Å². The summed E-state index contributed by atoms with van der Waals surface area (Å²) in [6.45, 7) is 1.87. The van der Waals surface area contributed by atoms with Crippen LogP contribution in [0, 0.1) is 5.82 Å². The summed E-state index contributed by atoms with van der Waals surface area (Å²) >= 11 is 1.13. The van der Waals surface area contributed by atoms with Crippen LogP contribution in [0.1, 0.15) is 49.8 Å². The number of rotatable bonds is 2. The van der Waals surface area contributed by atoms with Crippen LogP contribution in [0.2, 0.25) is 0 Å². The van der Waals surface area contributed by atoms with Crippen molar-refractivity contribution in [1.82, 2.24) is 10.2 Å². The van der Waals surface area contributed by atoms with Crippen molar-refractivity contribution in [1.29, 1.82) is 0 Å². The maximum Gasteiger partial charge on any atom is 0.325 e. The van der Waals surface area contributed by atoms with E-state index in [0.29, 0.717) is 0 Å². The van der Waals surface area contributed by atoms with Gasteiger partial charge in [0.2, 0.25) is 0 Å². The van der Waals surface area contributed by atoms with Crippen molar-refractivity contribution in [3.63, 3.8) is 0 Å². The molecular weight excluding hydrogens is 315 g/mol. The number of imide groups is 1. The Labute approximate surface area is 139 Å². The molecule has 1 aliphatic heterocycles. The highest BCUT2D eigenvalue weighted by Crippen LogP contribution is 2.43. The van der Waals surface area contributed by atoms with Crippen LogP contribution in [0.5, 0.6) is 0 Å². The fourth-order valence-electron chi connectivity index (χ4n) is 3.32. The molecule has 2 atom stereocenters. The molecule has 1 heterocycles. The van der Waals surface area contributed by atoms with E-state index in [-0.39, 0.29) is 34.4 Å². The summed E-state index contributed by atoms with van der Waals surface area (Å²) in [5, 5.41) is 2.61. The third kappa shape index (κ3) is 3.52. The van der Waals surface area contributed by atoms with Crippen LogP contribution >= 0.6 is 11.8 Å². The van der Waals surface area contributed by atoms with Crippen LogP contribution in [0.15, 0.2) is 24.3 Å². The molecule has 3 amide bonds. The van der Waals surface area contributed by atoms with E-state index in [0.717, 1.165) is 43.0 Å². The third-order valence-corrected chi connectivity index (χ3v) is 5.94. The lowest BCUT2D eigenvalue weighted by Crippen LogP contribution is -2.48. The van der Waals surface area contributed by atoms with Gasteiger partial charge in [-0.2, -0.15) is 0 Å². The SMILES string of the molecule is C[C@@H]1[C@@H](c2ccc(F)cc2)SC(=O)N1C(=O)NC1CCCCC1. The molecule has 1 aliphatic carbocycles. The Hall–Kier alpha value is -1.56. The zero-order valence-electron chi connectivity index (χ0n) is 13.1. The van der Waals surface area contributed by atoms with E-state index >= 15 is 0 Å². The van der Waals surface area contributed by atoms with Crippen molar-refractivity contribution in [3.05, 3.63) is 35.6 Å². The van der Waals surface area contributed by atoms with Gasteiger partial charge in [0.1, 0.15) is 5.82 Å². The summed E-state index contributed by atoms with van der Waals surface area (Å²) in [6, 6.07) is 5.76. The zero-order valence-corrected chi connectivity index (χ0v) is 13.9. The summed E-state index contributed by atoms with van der Waals surface area (Å²) in [5.41, 5.74) is 0.866. The Bertz CT molecular complexity index is 587. The van der Waals surface area contributed by atoms with E-state index < -0.39 is 0 Å². The number of nitrogens with one attached hydrogen (secondary N) is 1. The van der Waals surface area contributed by atoms with Crippen LogP contribution in [0.25, 0.3) is 0 Å². The number of hydrogen-bond donors (Lipinski definition) is 1. The van der Waals surface area contributed by atoms with Gasteiger partial charge in [-0.1, -0.05) is 43.2 Å². The van der Waals surface area contributed by atoms with Crippen LogP contribution in [-0.2, 0) is 0 Å². The Balaban J connectivity index is 1.69. The van der Waals surface area contributed by atoms with E-state index in [2.05, 4.69) is 5.32 Å². The smallest absolute Gasteiger partial charge is 0.325 e. The number of amides is 3. The lowest BCUT2D eigenvalue weighted by molar-refractivity contribution is 0.184. The van der Waals surface area contributed by atoms with E-state index in [4.69, 9.17) is 0 Å². The van der Waals surface area contributed by atoms with Crippen LogP contribution in [-0.4, -0.2) is 28.3 Å². The van der Waals surface area contributed by atoms with Crippen molar-refractivity contribution in [2.75, 3.05) is 0 Å². The van der Waals surface area contributed by atoms with Crippen molar-refractivity contribution in [3.8, 4) is 0 Å². The predicted octanol–water partition coefficient (Wildman–Crippen LogP) is 4.47. The number of halogens is 1. The van der Waals surface area contributed by atoms with Gasteiger partial charge in [-0.25, -0.2) is 9.18 Å². The molecule has 1 aromatic rings. The van der Waals surface area contributed by atoms with Gasteiger partial charge in [0, 0.05) is 6.04 Å². The minimum absolute atomic E-state index is 0.153. The molecule has 124 valence electrons. The molecule has 4 nitrogen and oxygen atoms in total. The van der Waals surface area contributed by atoms with Gasteiger partial charge < -0.3 is 5.32 Å². The molecule has 1 aromatic carbocycles. The molecule has 0 bridgehead atoms. The van der Waals surface area contributed by atoms with Crippen LogP contribution in [0.3, 0.4) is 0 Å². The Kier molecular flexibility index (Phi) is 4.90. The first-order chi connectivity index (χ1) is 11.1. The monoisotopic (exact) mass is 336 g/mol. The summed E-state index contributed by atoms with van der Waals surface area (Å²) in [4.78, 5) is 26.1. The van der Waals surface area contributed by atoms with Gasteiger partial charge >= 0.3 is 6.03 Å². The minimum Gasteiger partial charge on any atom is -0.335 e. The largest absolute Gasteiger partial charge is 0.335 e. The van der Waals surface area contributed by atoms with Crippen molar-refractivity contribution < 1.29 is 14.0 Å². The number of benzene rings is 1. The highest BCUT2D eigenvalue weighted by molar-refractivity contribution is 8.14. The molecule has 2 fully saturated rings. The quantitative estimate of drug-likeness (QED) is 0.867. The molecule has 0 radical (unpaired) electrons. The molecule has 3 rings (SSSR count). The van der Waals surface area contributed by atoms with Gasteiger partial charge in [0.25, 0.3) is 5.24 Å². The number of nitrogens with zero attached hydrogens (tertiary/aromatic N) is 1. The number of carbonyl (C=O) groups excluding carboxylic acids is 2. The highest BCUT2D eigenvalue weighted by atomic mass is 32.2. The van der Waals surface area contributed by atoms with Gasteiger partial charge in [0.05, 0.1) is 11.3 Å². The maximum atomic E-state index is 13.1. The Morgan fingerprint density at radius 2 is 1.87 bits per heavy atom. The molecule has 6 heteroatoms. The number of carbonyl (C=O) groups is 2. The average molecular weight is 336 g/mol.